The molecule has 0 aliphatic heterocycles. The number of nitrogens with one attached hydrogen (secondary N) is 1. The number of halogens is 1. The van der Waals surface area contributed by atoms with Gasteiger partial charge in [0, 0.05) is 11.1 Å². The average molecular weight is 262 g/mol. The zero-order valence-corrected chi connectivity index (χ0v) is 10.3. The van der Waals surface area contributed by atoms with E-state index in [1.54, 1.807) is 13.8 Å². The van der Waals surface area contributed by atoms with Crippen molar-refractivity contribution in [3.05, 3.63) is 51.1 Å². The van der Waals surface area contributed by atoms with Crippen molar-refractivity contribution in [2.75, 3.05) is 0 Å². The number of aromatic amines is 1. The number of carboxylic acid groups (broad SMARTS) is 1. The van der Waals surface area contributed by atoms with Crippen LogP contribution >= 0.6 is 0 Å². The summed E-state index contributed by atoms with van der Waals surface area (Å²) in [6, 6.07) is 3.43. The summed E-state index contributed by atoms with van der Waals surface area (Å²) in [7, 11) is 0. The molecule has 1 aromatic carbocycles. The molecular weight excluding hydrogens is 251 g/mol. The van der Waals surface area contributed by atoms with Gasteiger partial charge in [-0.25, -0.2) is 14.3 Å². The molecule has 2 rings (SSSR count). The van der Waals surface area contributed by atoms with Gasteiger partial charge in [0.1, 0.15) is 5.82 Å². The van der Waals surface area contributed by atoms with Crippen LogP contribution in [0.15, 0.2) is 23.0 Å². The SMILES string of the molecule is Cc1c(-c2cc(F)cc(C(=O)O)c2)n[nH]c(=O)c1C. The normalized spacial score (nSPS) is 10.5. The third kappa shape index (κ3) is 2.37. The highest BCUT2D eigenvalue weighted by molar-refractivity contribution is 5.89. The van der Waals surface area contributed by atoms with Gasteiger partial charge in [0.15, 0.2) is 0 Å². The van der Waals surface area contributed by atoms with Crippen LogP contribution in [-0.2, 0) is 0 Å². The molecule has 0 saturated carbocycles. The Bertz CT molecular complexity index is 722. The summed E-state index contributed by atoms with van der Waals surface area (Å²) < 4.78 is 13.4. The molecule has 98 valence electrons. The zero-order chi connectivity index (χ0) is 14.2. The zero-order valence-electron chi connectivity index (χ0n) is 10.3. The summed E-state index contributed by atoms with van der Waals surface area (Å²) >= 11 is 0. The average Bonchev–Trinajstić information content (AvgIpc) is 2.35. The second-order valence-corrected chi connectivity index (χ2v) is 4.19. The highest BCUT2D eigenvalue weighted by Gasteiger charge is 2.13. The van der Waals surface area contributed by atoms with Gasteiger partial charge in [-0.1, -0.05) is 0 Å². The van der Waals surface area contributed by atoms with Gasteiger partial charge < -0.3 is 5.11 Å². The Hall–Kier alpha value is -2.50. The van der Waals surface area contributed by atoms with Gasteiger partial charge in [-0.2, -0.15) is 5.10 Å². The number of rotatable bonds is 2. The first-order chi connectivity index (χ1) is 8.90. The van der Waals surface area contributed by atoms with Crippen molar-refractivity contribution in [1.29, 1.82) is 0 Å². The first-order valence-electron chi connectivity index (χ1n) is 5.50. The van der Waals surface area contributed by atoms with Gasteiger partial charge in [-0.05, 0) is 37.6 Å². The Morgan fingerprint density at radius 2 is 1.95 bits per heavy atom. The Balaban J connectivity index is 2.69. The van der Waals surface area contributed by atoms with E-state index in [0.29, 0.717) is 22.4 Å². The third-order valence-corrected chi connectivity index (χ3v) is 2.95. The summed E-state index contributed by atoms with van der Waals surface area (Å²) in [4.78, 5) is 22.3. The Morgan fingerprint density at radius 1 is 1.26 bits per heavy atom. The lowest BCUT2D eigenvalue weighted by atomic mass is 10.0. The number of carbonyl (C=O) groups is 1. The van der Waals surface area contributed by atoms with Crippen LogP contribution in [0.5, 0.6) is 0 Å². The van der Waals surface area contributed by atoms with Crippen molar-refractivity contribution in [1.82, 2.24) is 10.2 Å². The van der Waals surface area contributed by atoms with Crippen molar-refractivity contribution in [2.24, 2.45) is 0 Å². The lowest BCUT2D eigenvalue weighted by molar-refractivity contribution is 0.0696. The molecule has 1 aromatic heterocycles. The van der Waals surface area contributed by atoms with Crippen molar-refractivity contribution in [2.45, 2.75) is 13.8 Å². The minimum absolute atomic E-state index is 0.167. The van der Waals surface area contributed by atoms with E-state index < -0.39 is 11.8 Å². The van der Waals surface area contributed by atoms with Gasteiger partial charge in [-0.3, -0.25) is 4.79 Å². The molecule has 0 aliphatic carbocycles. The van der Waals surface area contributed by atoms with E-state index in [-0.39, 0.29) is 11.1 Å². The molecule has 6 heteroatoms. The summed E-state index contributed by atoms with van der Waals surface area (Å²) in [5, 5.41) is 15.1. The van der Waals surface area contributed by atoms with Crippen LogP contribution in [0.3, 0.4) is 0 Å². The summed E-state index contributed by atoms with van der Waals surface area (Å²) in [6.45, 7) is 3.30. The fourth-order valence-corrected chi connectivity index (χ4v) is 1.75. The van der Waals surface area contributed by atoms with Crippen LogP contribution in [0.1, 0.15) is 21.5 Å². The van der Waals surface area contributed by atoms with E-state index in [4.69, 9.17) is 5.11 Å². The largest absolute Gasteiger partial charge is 0.478 e. The number of hydrogen-bond donors (Lipinski definition) is 2. The molecule has 0 atom stereocenters. The van der Waals surface area contributed by atoms with Crippen molar-refractivity contribution in [3.8, 4) is 11.3 Å². The molecule has 0 amide bonds. The van der Waals surface area contributed by atoms with E-state index in [9.17, 15) is 14.0 Å². The highest BCUT2D eigenvalue weighted by Crippen LogP contribution is 2.23. The molecule has 2 N–H and O–H groups in total. The van der Waals surface area contributed by atoms with Crippen LogP contribution in [0, 0.1) is 19.7 Å². The second kappa shape index (κ2) is 4.64. The van der Waals surface area contributed by atoms with Gasteiger partial charge in [0.2, 0.25) is 0 Å². The molecule has 0 spiro atoms. The maximum atomic E-state index is 13.4. The predicted octanol–water partition coefficient (Wildman–Crippen LogP) is 1.89. The van der Waals surface area contributed by atoms with Gasteiger partial charge in [0.25, 0.3) is 5.56 Å². The Morgan fingerprint density at radius 3 is 2.58 bits per heavy atom. The quantitative estimate of drug-likeness (QED) is 0.865. The van der Waals surface area contributed by atoms with E-state index in [1.807, 2.05) is 0 Å². The third-order valence-electron chi connectivity index (χ3n) is 2.95. The van der Waals surface area contributed by atoms with E-state index in [1.165, 1.54) is 12.1 Å². The number of H-pyrrole nitrogens is 1. The number of aromatic nitrogens is 2. The van der Waals surface area contributed by atoms with Crippen LogP contribution < -0.4 is 5.56 Å². The monoisotopic (exact) mass is 262 g/mol. The number of hydrogen-bond acceptors (Lipinski definition) is 3. The topological polar surface area (TPSA) is 83.0 Å². The minimum atomic E-state index is -1.22. The number of benzene rings is 1. The van der Waals surface area contributed by atoms with E-state index in [0.717, 1.165) is 6.07 Å². The number of aromatic carboxylic acids is 1. The molecule has 0 radical (unpaired) electrons. The molecule has 0 fully saturated rings. The summed E-state index contributed by atoms with van der Waals surface area (Å²) in [5.74, 6) is -1.89. The minimum Gasteiger partial charge on any atom is -0.478 e. The molecule has 2 aromatic rings. The highest BCUT2D eigenvalue weighted by atomic mass is 19.1. The molecule has 0 unspecified atom stereocenters. The van der Waals surface area contributed by atoms with Crippen molar-refractivity contribution < 1.29 is 14.3 Å². The molecule has 0 aliphatic rings. The number of nitrogens with zero attached hydrogens (tertiary/aromatic N) is 1. The maximum Gasteiger partial charge on any atom is 0.335 e. The molecule has 19 heavy (non-hydrogen) atoms. The van der Waals surface area contributed by atoms with Gasteiger partial charge in [0.05, 0.1) is 11.3 Å². The standard InChI is InChI=1S/C13H11FN2O3/c1-6-7(2)12(17)16-15-11(6)8-3-9(13(18)19)5-10(14)4-8/h3-5H,1-2H3,(H,16,17)(H,18,19). The maximum absolute atomic E-state index is 13.4. The van der Waals surface area contributed by atoms with E-state index >= 15 is 0 Å². The fourth-order valence-electron chi connectivity index (χ4n) is 1.75. The van der Waals surface area contributed by atoms with Gasteiger partial charge >= 0.3 is 5.97 Å². The summed E-state index contributed by atoms with van der Waals surface area (Å²) in [5.41, 5.74) is 1.24. The molecule has 0 saturated heterocycles. The van der Waals surface area contributed by atoms with Crippen molar-refractivity contribution in [3.63, 3.8) is 0 Å². The fraction of sp³-hybridized carbons (Fsp3) is 0.154. The second-order valence-electron chi connectivity index (χ2n) is 4.19. The molecule has 5 nitrogen and oxygen atoms in total. The van der Waals surface area contributed by atoms with Gasteiger partial charge in [-0.15, -0.1) is 0 Å². The summed E-state index contributed by atoms with van der Waals surface area (Å²) in [6.07, 6.45) is 0. The predicted molar refractivity (Wildman–Crippen MR) is 66.7 cm³/mol. The van der Waals surface area contributed by atoms with Crippen LogP contribution in [0.2, 0.25) is 0 Å². The Kier molecular flexibility index (Phi) is 3.16. The lowest BCUT2D eigenvalue weighted by Crippen LogP contribution is -2.14. The Labute approximate surface area is 107 Å². The molecule has 0 bridgehead atoms. The van der Waals surface area contributed by atoms with Crippen LogP contribution in [0.4, 0.5) is 4.39 Å². The van der Waals surface area contributed by atoms with Crippen molar-refractivity contribution >= 4 is 5.97 Å². The molecule has 1 heterocycles. The number of carboxylic acids is 1. The first-order valence-corrected chi connectivity index (χ1v) is 5.50. The first kappa shape index (κ1) is 12.9. The smallest absolute Gasteiger partial charge is 0.335 e. The lowest BCUT2D eigenvalue weighted by Gasteiger charge is -2.07. The molecular formula is C13H11FN2O3. The van der Waals surface area contributed by atoms with Crippen LogP contribution in [0.25, 0.3) is 11.3 Å². The van der Waals surface area contributed by atoms with E-state index in [2.05, 4.69) is 10.2 Å². The van der Waals surface area contributed by atoms with Crippen LogP contribution in [-0.4, -0.2) is 21.3 Å².